The zero-order valence-corrected chi connectivity index (χ0v) is 11.0. The normalized spacial score (nSPS) is 19.2. The van der Waals surface area contributed by atoms with Crippen molar-refractivity contribution in [3.63, 3.8) is 0 Å². The van der Waals surface area contributed by atoms with Crippen molar-refractivity contribution in [3.8, 4) is 6.07 Å². The molecule has 0 saturated carbocycles. The molecule has 17 heavy (non-hydrogen) atoms. The number of fused-ring (bicyclic) bond motifs is 3. The average molecular weight is 245 g/mol. The van der Waals surface area contributed by atoms with Crippen LogP contribution in [0.25, 0.3) is 4.96 Å². The first kappa shape index (κ1) is 10.8. The van der Waals surface area contributed by atoms with E-state index in [9.17, 15) is 0 Å². The highest BCUT2D eigenvalue weighted by Crippen LogP contribution is 2.34. The molecule has 2 aromatic heterocycles. The van der Waals surface area contributed by atoms with Crippen molar-refractivity contribution < 1.29 is 0 Å². The van der Waals surface area contributed by atoms with E-state index in [1.807, 2.05) is 6.92 Å². The van der Waals surface area contributed by atoms with E-state index >= 15 is 0 Å². The number of hydrogen-bond donors (Lipinski definition) is 0. The standard InChI is InChI=1S/C13H15N3S/c1-8-3-4-11-12(7-8)17-13-15-9(2)10(5-6-14)16(11)13/h8H,3-5,7H2,1-2H3. The molecule has 1 atom stereocenters. The van der Waals surface area contributed by atoms with Crippen LogP contribution in [0, 0.1) is 24.2 Å². The smallest absolute Gasteiger partial charge is 0.194 e. The highest BCUT2D eigenvalue weighted by molar-refractivity contribution is 7.17. The second-order valence-electron chi connectivity index (χ2n) is 4.92. The van der Waals surface area contributed by atoms with Gasteiger partial charge in [-0.2, -0.15) is 5.26 Å². The lowest BCUT2D eigenvalue weighted by atomic mass is 9.93. The molecule has 1 unspecified atom stereocenters. The van der Waals surface area contributed by atoms with Gasteiger partial charge in [-0.05, 0) is 32.1 Å². The van der Waals surface area contributed by atoms with Gasteiger partial charge in [0.25, 0.3) is 0 Å². The van der Waals surface area contributed by atoms with Gasteiger partial charge in [-0.15, -0.1) is 11.3 Å². The third-order valence-corrected chi connectivity index (χ3v) is 4.71. The summed E-state index contributed by atoms with van der Waals surface area (Å²) >= 11 is 1.81. The number of hydrogen-bond acceptors (Lipinski definition) is 3. The summed E-state index contributed by atoms with van der Waals surface area (Å²) in [4.78, 5) is 7.15. The van der Waals surface area contributed by atoms with Gasteiger partial charge in [-0.3, -0.25) is 4.40 Å². The van der Waals surface area contributed by atoms with Crippen LogP contribution in [0.3, 0.4) is 0 Å². The van der Waals surface area contributed by atoms with Crippen LogP contribution in [0.4, 0.5) is 0 Å². The Bertz CT molecular complexity index is 615. The molecule has 2 heterocycles. The number of aromatic nitrogens is 2. The number of nitrogens with zero attached hydrogens (tertiary/aromatic N) is 3. The minimum Gasteiger partial charge on any atom is -0.290 e. The lowest BCUT2D eigenvalue weighted by molar-refractivity contribution is 0.498. The van der Waals surface area contributed by atoms with Crippen LogP contribution in [0.5, 0.6) is 0 Å². The highest BCUT2D eigenvalue weighted by atomic mass is 32.1. The van der Waals surface area contributed by atoms with Crippen molar-refractivity contribution >= 4 is 16.3 Å². The first-order valence-electron chi connectivity index (χ1n) is 6.06. The molecule has 0 N–H and O–H groups in total. The van der Waals surface area contributed by atoms with Crippen LogP contribution in [0.1, 0.15) is 35.3 Å². The summed E-state index contributed by atoms with van der Waals surface area (Å²) in [7, 11) is 0. The maximum Gasteiger partial charge on any atom is 0.194 e. The SMILES string of the molecule is Cc1nc2sc3c(n2c1CC#N)CCC(C)C3. The summed E-state index contributed by atoms with van der Waals surface area (Å²) in [6.45, 7) is 4.32. The van der Waals surface area contributed by atoms with E-state index in [-0.39, 0.29) is 0 Å². The Morgan fingerprint density at radius 3 is 3.18 bits per heavy atom. The third-order valence-electron chi connectivity index (χ3n) is 3.60. The maximum absolute atomic E-state index is 8.92. The second kappa shape index (κ2) is 3.85. The Morgan fingerprint density at radius 1 is 1.59 bits per heavy atom. The summed E-state index contributed by atoms with van der Waals surface area (Å²) < 4.78 is 2.24. The van der Waals surface area contributed by atoms with E-state index in [1.165, 1.54) is 23.4 Å². The van der Waals surface area contributed by atoms with Gasteiger partial charge in [0.05, 0.1) is 23.9 Å². The van der Waals surface area contributed by atoms with Crippen molar-refractivity contribution in [3.05, 3.63) is 22.0 Å². The Labute approximate surface area is 105 Å². The third kappa shape index (κ3) is 1.57. The second-order valence-corrected chi connectivity index (χ2v) is 5.98. The molecular formula is C13H15N3S. The Kier molecular flexibility index (Phi) is 2.44. The molecule has 0 fully saturated rings. The molecule has 0 amide bonds. The fraction of sp³-hybridized carbons (Fsp3) is 0.538. The van der Waals surface area contributed by atoms with Gasteiger partial charge in [0.1, 0.15) is 0 Å². The van der Waals surface area contributed by atoms with Crippen LogP contribution in [-0.4, -0.2) is 9.38 Å². The number of nitriles is 1. The Morgan fingerprint density at radius 2 is 2.41 bits per heavy atom. The molecule has 88 valence electrons. The van der Waals surface area contributed by atoms with E-state index in [4.69, 9.17) is 5.26 Å². The number of aryl methyl sites for hydroxylation is 2. The minimum absolute atomic E-state index is 0.464. The summed E-state index contributed by atoms with van der Waals surface area (Å²) in [6.07, 6.45) is 4.02. The maximum atomic E-state index is 8.92. The minimum atomic E-state index is 0.464. The molecule has 4 heteroatoms. The van der Waals surface area contributed by atoms with Crippen molar-refractivity contribution in [2.24, 2.45) is 5.92 Å². The molecule has 1 aliphatic rings. The number of rotatable bonds is 1. The molecule has 1 aliphatic carbocycles. The molecule has 0 spiro atoms. The van der Waals surface area contributed by atoms with Gasteiger partial charge in [0.2, 0.25) is 0 Å². The first-order valence-corrected chi connectivity index (χ1v) is 6.87. The van der Waals surface area contributed by atoms with Crippen LogP contribution < -0.4 is 0 Å². The molecule has 2 aromatic rings. The van der Waals surface area contributed by atoms with Gasteiger partial charge in [-0.25, -0.2) is 4.98 Å². The molecule has 0 radical (unpaired) electrons. The summed E-state index contributed by atoms with van der Waals surface area (Å²) in [5.74, 6) is 0.784. The van der Waals surface area contributed by atoms with Gasteiger partial charge < -0.3 is 0 Å². The zero-order chi connectivity index (χ0) is 12.0. The zero-order valence-electron chi connectivity index (χ0n) is 10.2. The van der Waals surface area contributed by atoms with E-state index < -0.39 is 0 Å². The van der Waals surface area contributed by atoms with Gasteiger partial charge in [-0.1, -0.05) is 6.92 Å². The van der Waals surface area contributed by atoms with Crippen LogP contribution in [-0.2, 0) is 19.3 Å². The fourth-order valence-corrected chi connectivity index (χ4v) is 4.06. The van der Waals surface area contributed by atoms with Gasteiger partial charge in [0, 0.05) is 10.6 Å². The van der Waals surface area contributed by atoms with Crippen LogP contribution in [0.2, 0.25) is 0 Å². The van der Waals surface area contributed by atoms with Crippen molar-refractivity contribution in [1.29, 1.82) is 5.26 Å². The predicted molar refractivity (Wildman–Crippen MR) is 68.3 cm³/mol. The van der Waals surface area contributed by atoms with Gasteiger partial charge in [0.15, 0.2) is 4.96 Å². The molecule has 0 bridgehead atoms. The molecule has 3 nitrogen and oxygen atoms in total. The quantitative estimate of drug-likeness (QED) is 0.775. The van der Waals surface area contributed by atoms with Crippen LogP contribution >= 0.6 is 11.3 Å². The molecule has 3 rings (SSSR count). The summed E-state index contributed by atoms with van der Waals surface area (Å²) in [6, 6.07) is 2.25. The number of imidazole rings is 1. The fourth-order valence-electron chi connectivity index (χ4n) is 2.67. The summed E-state index contributed by atoms with van der Waals surface area (Å²) in [5, 5.41) is 8.92. The summed E-state index contributed by atoms with van der Waals surface area (Å²) in [5.41, 5.74) is 3.52. The van der Waals surface area contributed by atoms with Crippen molar-refractivity contribution in [2.45, 2.75) is 39.5 Å². The first-order chi connectivity index (χ1) is 8.20. The lowest BCUT2D eigenvalue weighted by Gasteiger charge is -2.18. The van der Waals surface area contributed by atoms with E-state index in [1.54, 1.807) is 11.3 Å². The Hall–Kier alpha value is -1.34. The molecule has 0 aromatic carbocycles. The largest absolute Gasteiger partial charge is 0.290 e. The van der Waals surface area contributed by atoms with Crippen molar-refractivity contribution in [1.82, 2.24) is 9.38 Å². The topological polar surface area (TPSA) is 41.1 Å². The molecule has 0 saturated heterocycles. The monoisotopic (exact) mass is 245 g/mol. The molecule has 0 aliphatic heterocycles. The van der Waals surface area contributed by atoms with E-state index in [0.29, 0.717) is 6.42 Å². The Balaban J connectivity index is 2.22. The van der Waals surface area contributed by atoms with Crippen molar-refractivity contribution in [2.75, 3.05) is 0 Å². The number of thiazole rings is 1. The average Bonchev–Trinajstić information content (AvgIpc) is 2.75. The van der Waals surface area contributed by atoms with E-state index in [0.717, 1.165) is 28.7 Å². The molecular weight excluding hydrogens is 230 g/mol. The highest BCUT2D eigenvalue weighted by Gasteiger charge is 2.23. The van der Waals surface area contributed by atoms with Gasteiger partial charge >= 0.3 is 0 Å². The lowest BCUT2D eigenvalue weighted by Crippen LogP contribution is -2.11. The van der Waals surface area contributed by atoms with Crippen LogP contribution in [0.15, 0.2) is 0 Å². The van der Waals surface area contributed by atoms with E-state index in [2.05, 4.69) is 22.4 Å². The predicted octanol–water partition coefficient (Wildman–Crippen LogP) is 2.90.